The minimum absolute atomic E-state index is 0.00673. The van der Waals surface area contributed by atoms with Crippen molar-refractivity contribution in [3.8, 4) is 5.88 Å². The van der Waals surface area contributed by atoms with Crippen LogP contribution in [-0.4, -0.2) is 40.0 Å². The molecule has 3 rings (SSSR count). The maximum atomic E-state index is 12.3. The summed E-state index contributed by atoms with van der Waals surface area (Å²) in [5, 5.41) is 0. The summed E-state index contributed by atoms with van der Waals surface area (Å²) in [6.45, 7) is 3.32. The van der Waals surface area contributed by atoms with Gasteiger partial charge < -0.3 is 9.64 Å². The number of nitrogens with zero attached hydrogens (tertiary/aromatic N) is 3. The van der Waals surface area contributed by atoms with Gasteiger partial charge in [-0.2, -0.15) is 0 Å². The molecule has 1 amide bonds. The number of piperidine rings is 1. The molecule has 0 aliphatic carbocycles. The highest BCUT2D eigenvalue weighted by atomic mass is 16.5. The lowest BCUT2D eigenvalue weighted by Gasteiger charge is -2.31. The Morgan fingerprint density at radius 3 is 2.68 bits per heavy atom. The van der Waals surface area contributed by atoms with Crippen LogP contribution in [0.5, 0.6) is 5.88 Å². The fourth-order valence-corrected chi connectivity index (χ4v) is 2.58. The molecule has 0 unspecified atom stereocenters. The minimum atomic E-state index is -0.00673. The Kier molecular flexibility index (Phi) is 4.32. The van der Waals surface area contributed by atoms with Gasteiger partial charge in [-0.05, 0) is 25.1 Å². The van der Waals surface area contributed by atoms with Gasteiger partial charge in [0.15, 0.2) is 0 Å². The van der Waals surface area contributed by atoms with Crippen LogP contribution in [-0.2, 0) is 0 Å². The van der Waals surface area contributed by atoms with Crippen LogP contribution >= 0.6 is 0 Å². The predicted octanol–water partition coefficient (Wildman–Crippen LogP) is 2.47. The van der Waals surface area contributed by atoms with Crippen molar-refractivity contribution >= 4 is 5.91 Å². The fourth-order valence-electron chi connectivity index (χ4n) is 2.58. The molecule has 0 spiro atoms. The van der Waals surface area contributed by atoms with E-state index in [0.29, 0.717) is 24.7 Å². The summed E-state index contributed by atoms with van der Waals surface area (Å²) in [7, 11) is 0. The first-order chi connectivity index (χ1) is 10.7. The molecule has 1 aliphatic heterocycles. The molecule has 0 N–H and O–H groups in total. The quantitative estimate of drug-likeness (QED) is 0.873. The van der Waals surface area contributed by atoms with E-state index >= 15 is 0 Å². The molecule has 5 heteroatoms. The molecule has 0 atom stereocenters. The number of carbonyl (C=O) groups excluding carboxylic acids is 1. The largest absolute Gasteiger partial charge is 0.474 e. The van der Waals surface area contributed by atoms with Gasteiger partial charge in [-0.15, -0.1) is 0 Å². The third kappa shape index (κ3) is 3.42. The van der Waals surface area contributed by atoms with E-state index in [4.69, 9.17) is 4.74 Å². The summed E-state index contributed by atoms with van der Waals surface area (Å²) < 4.78 is 5.91. The molecule has 0 bridgehead atoms. The second-order valence-electron chi connectivity index (χ2n) is 5.44. The Balaban J connectivity index is 1.55. The topological polar surface area (TPSA) is 55.3 Å². The van der Waals surface area contributed by atoms with Crippen molar-refractivity contribution in [2.75, 3.05) is 13.1 Å². The van der Waals surface area contributed by atoms with E-state index in [9.17, 15) is 4.79 Å². The van der Waals surface area contributed by atoms with Crippen LogP contribution in [0.4, 0.5) is 0 Å². The zero-order chi connectivity index (χ0) is 15.4. The van der Waals surface area contributed by atoms with E-state index in [2.05, 4.69) is 9.97 Å². The van der Waals surface area contributed by atoms with E-state index in [1.54, 1.807) is 12.3 Å². The number of carbonyl (C=O) groups is 1. The Morgan fingerprint density at radius 2 is 2.00 bits per heavy atom. The lowest BCUT2D eigenvalue weighted by molar-refractivity contribution is 0.0582. The Labute approximate surface area is 130 Å². The second kappa shape index (κ2) is 6.56. The number of pyridine rings is 2. The summed E-state index contributed by atoms with van der Waals surface area (Å²) in [4.78, 5) is 22.6. The van der Waals surface area contributed by atoms with Crippen molar-refractivity contribution in [2.45, 2.75) is 25.9 Å². The van der Waals surface area contributed by atoms with Crippen LogP contribution in [0.15, 0.2) is 42.6 Å². The van der Waals surface area contributed by atoms with Crippen LogP contribution in [0.25, 0.3) is 0 Å². The van der Waals surface area contributed by atoms with Gasteiger partial charge in [0.1, 0.15) is 11.8 Å². The molecule has 22 heavy (non-hydrogen) atoms. The molecule has 3 heterocycles. The fraction of sp³-hybridized carbons (Fsp3) is 0.353. The molecule has 1 fully saturated rings. The minimum Gasteiger partial charge on any atom is -0.474 e. The number of aryl methyl sites for hydroxylation is 1. The van der Waals surface area contributed by atoms with Crippen molar-refractivity contribution < 1.29 is 9.53 Å². The Morgan fingerprint density at radius 1 is 1.18 bits per heavy atom. The van der Waals surface area contributed by atoms with Crippen molar-refractivity contribution in [1.82, 2.24) is 14.9 Å². The molecule has 0 aromatic carbocycles. The smallest absolute Gasteiger partial charge is 0.272 e. The number of hydrogen-bond acceptors (Lipinski definition) is 4. The van der Waals surface area contributed by atoms with E-state index in [-0.39, 0.29) is 12.0 Å². The number of hydrogen-bond donors (Lipinski definition) is 0. The van der Waals surface area contributed by atoms with Gasteiger partial charge in [-0.3, -0.25) is 9.78 Å². The van der Waals surface area contributed by atoms with Crippen LogP contribution < -0.4 is 4.74 Å². The number of rotatable bonds is 3. The lowest BCUT2D eigenvalue weighted by Crippen LogP contribution is -2.42. The van der Waals surface area contributed by atoms with Crippen LogP contribution in [0.1, 0.15) is 29.0 Å². The first-order valence-corrected chi connectivity index (χ1v) is 7.53. The lowest BCUT2D eigenvalue weighted by atomic mass is 10.1. The van der Waals surface area contributed by atoms with Gasteiger partial charge >= 0.3 is 0 Å². The molecular weight excluding hydrogens is 278 g/mol. The summed E-state index contributed by atoms with van der Waals surface area (Å²) >= 11 is 0. The molecule has 0 radical (unpaired) electrons. The highest BCUT2D eigenvalue weighted by Gasteiger charge is 2.25. The second-order valence-corrected chi connectivity index (χ2v) is 5.44. The SMILES string of the molecule is Cc1cccc(OC2CCN(C(=O)c3ccccn3)CC2)n1. The average molecular weight is 297 g/mol. The zero-order valence-electron chi connectivity index (χ0n) is 12.6. The number of likely N-dealkylation sites (tertiary alicyclic amines) is 1. The molecular formula is C17H19N3O2. The number of amides is 1. The van der Waals surface area contributed by atoms with E-state index in [1.807, 2.05) is 42.2 Å². The van der Waals surface area contributed by atoms with Gasteiger partial charge in [-0.1, -0.05) is 12.1 Å². The molecule has 0 saturated carbocycles. The van der Waals surface area contributed by atoms with Gasteiger partial charge in [0.05, 0.1) is 0 Å². The predicted molar refractivity (Wildman–Crippen MR) is 82.8 cm³/mol. The zero-order valence-corrected chi connectivity index (χ0v) is 12.6. The summed E-state index contributed by atoms with van der Waals surface area (Å²) in [6, 6.07) is 11.2. The third-order valence-corrected chi connectivity index (χ3v) is 3.76. The standard InChI is InChI=1S/C17H19N3O2/c1-13-5-4-7-16(19-13)22-14-8-11-20(12-9-14)17(21)15-6-2-3-10-18-15/h2-7,10,14H,8-9,11-12H2,1H3. The highest BCUT2D eigenvalue weighted by Crippen LogP contribution is 2.18. The van der Waals surface area contributed by atoms with Gasteiger partial charge in [0, 0.05) is 43.9 Å². The van der Waals surface area contributed by atoms with Crippen molar-refractivity contribution in [3.63, 3.8) is 0 Å². The van der Waals surface area contributed by atoms with Crippen LogP contribution in [0.2, 0.25) is 0 Å². The summed E-state index contributed by atoms with van der Waals surface area (Å²) in [5.74, 6) is 0.655. The molecule has 5 nitrogen and oxygen atoms in total. The maximum Gasteiger partial charge on any atom is 0.272 e. The first-order valence-electron chi connectivity index (χ1n) is 7.53. The summed E-state index contributed by atoms with van der Waals surface area (Å²) in [5.41, 5.74) is 1.45. The highest BCUT2D eigenvalue weighted by molar-refractivity contribution is 5.92. The van der Waals surface area contributed by atoms with Crippen LogP contribution in [0, 0.1) is 6.92 Å². The first kappa shape index (κ1) is 14.5. The summed E-state index contributed by atoms with van der Waals surface area (Å²) in [6.07, 6.45) is 3.39. The monoisotopic (exact) mass is 297 g/mol. The molecule has 1 aliphatic rings. The van der Waals surface area contributed by atoms with Crippen molar-refractivity contribution in [2.24, 2.45) is 0 Å². The third-order valence-electron chi connectivity index (χ3n) is 3.76. The molecule has 2 aromatic rings. The molecule has 1 saturated heterocycles. The van der Waals surface area contributed by atoms with E-state index in [0.717, 1.165) is 18.5 Å². The van der Waals surface area contributed by atoms with E-state index in [1.165, 1.54) is 0 Å². The normalized spacial score (nSPS) is 15.6. The van der Waals surface area contributed by atoms with Gasteiger partial charge in [-0.25, -0.2) is 4.98 Å². The molecule has 114 valence electrons. The van der Waals surface area contributed by atoms with Crippen LogP contribution in [0.3, 0.4) is 0 Å². The average Bonchev–Trinajstić information content (AvgIpc) is 2.56. The Bertz CT molecular complexity index is 637. The number of ether oxygens (including phenoxy) is 1. The van der Waals surface area contributed by atoms with Crippen molar-refractivity contribution in [3.05, 3.63) is 54.0 Å². The maximum absolute atomic E-state index is 12.3. The van der Waals surface area contributed by atoms with Gasteiger partial charge in [0.25, 0.3) is 5.91 Å². The number of aromatic nitrogens is 2. The molecule has 2 aromatic heterocycles. The van der Waals surface area contributed by atoms with Crippen molar-refractivity contribution in [1.29, 1.82) is 0 Å². The van der Waals surface area contributed by atoms with Gasteiger partial charge in [0.2, 0.25) is 5.88 Å². The Hall–Kier alpha value is -2.43. The van der Waals surface area contributed by atoms with E-state index < -0.39 is 0 Å².